The largest absolute Gasteiger partial charge is 0.307 e. The van der Waals surface area contributed by atoms with Gasteiger partial charge in [-0.1, -0.05) is 6.42 Å². The van der Waals surface area contributed by atoms with Gasteiger partial charge in [0.05, 0.1) is 0 Å². The first-order chi connectivity index (χ1) is 9.10. The molecular formula is C15H21F2NS. The summed E-state index contributed by atoms with van der Waals surface area (Å²) < 4.78 is 26.9. The molecule has 3 atom stereocenters. The van der Waals surface area contributed by atoms with E-state index in [0.717, 1.165) is 18.9 Å². The van der Waals surface area contributed by atoms with Crippen molar-refractivity contribution in [1.29, 1.82) is 0 Å². The minimum Gasteiger partial charge on any atom is -0.307 e. The lowest BCUT2D eigenvalue weighted by atomic mass is 9.93. The van der Waals surface area contributed by atoms with E-state index < -0.39 is 0 Å². The van der Waals surface area contributed by atoms with E-state index in [1.165, 1.54) is 25.0 Å². The average molecular weight is 285 g/mol. The van der Waals surface area contributed by atoms with E-state index in [-0.39, 0.29) is 17.7 Å². The molecule has 2 rings (SSSR count). The van der Waals surface area contributed by atoms with E-state index in [2.05, 4.69) is 11.6 Å². The van der Waals surface area contributed by atoms with Crippen LogP contribution in [0.4, 0.5) is 8.78 Å². The van der Waals surface area contributed by atoms with Crippen molar-refractivity contribution >= 4 is 11.8 Å². The maximum atomic E-state index is 13.7. The lowest BCUT2D eigenvalue weighted by Crippen LogP contribution is -2.37. The fourth-order valence-electron chi connectivity index (χ4n) is 2.80. The molecule has 0 saturated heterocycles. The normalized spacial score (nSPS) is 25.3. The van der Waals surface area contributed by atoms with E-state index in [9.17, 15) is 8.78 Å². The van der Waals surface area contributed by atoms with Crippen molar-refractivity contribution in [3.63, 3.8) is 0 Å². The number of benzene rings is 1. The molecule has 0 spiro atoms. The molecule has 1 aliphatic rings. The van der Waals surface area contributed by atoms with Gasteiger partial charge < -0.3 is 5.32 Å². The van der Waals surface area contributed by atoms with E-state index in [1.54, 1.807) is 0 Å². The highest BCUT2D eigenvalue weighted by molar-refractivity contribution is 7.99. The maximum Gasteiger partial charge on any atom is 0.128 e. The number of hydrogen-bond donors (Lipinski definition) is 1. The Morgan fingerprint density at radius 3 is 2.84 bits per heavy atom. The highest BCUT2D eigenvalue weighted by Crippen LogP contribution is 2.29. The fraction of sp³-hybridized carbons (Fsp3) is 0.600. The third kappa shape index (κ3) is 3.93. The number of nitrogens with one attached hydrogen (secondary N) is 1. The first-order valence-electron chi connectivity index (χ1n) is 6.84. The van der Waals surface area contributed by atoms with Crippen molar-refractivity contribution in [2.75, 3.05) is 6.26 Å². The molecule has 0 bridgehead atoms. The summed E-state index contributed by atoms with van der Waals surface area (Å²) in [4.78, 5) is 0. The maximum absolute atomic E-state index is 13.7. The van der Waals surface area contributed by atoms with Crippen LogP contribution in [0.5, 0.6) is 0 Å². The summed E-state index contributed by atoms with van der Waals surface area (Å²) in [6.07, 6.45) is 6.85. The number of thioether (sulfide) groups is 1. The number of halogens is 2. The molecule has 1 aromatic carbocycles. The molecule has 1 fully saturated rings. The molecule has 0 radical (unpaired) electrons. The predicted octanol–water partition coefficient (Wildman–Crippen LogP) is 4.29. The Kier molecular flexibility index (Phi) is 5.22. The summed E-state index contributed by atoms with van der Waals surface area (Å²) >= 11 is 1.90. The molecule has 1 N–H and O–H groups in total. The Hall–Kier alpha value is -0.610. The van der Waals surface area contributed by atoms with E-state index in [1.807, 2.05) is 18.7 Å². The van der Waals surface area contributed by atoms with E-state index in [4.69, 9.17) is 0 Å². The zero-order valence-corrected chi connectivity index (χ0v) is 12.3. The second-order valence-electron chi connectivity index (χ2n) is 5.28. The zero-order valence-electron chi connectivity index (χ0n) is 11.5. The van der Waals surface area contributed by atoms with Gasteiger partial charge in [0.15, 0.2) is 0 Å². The molecule has 1 saturated carbocycles. The van der Waals surface area contributed by atoms with Crippen LogP contribution in [0.1, 0.15) is 44.2 Å². The molecule has 4 heteroatoms. The van der Waals surface area contributed by atoms with Crippen LogP contribution in [0.25, 0.3) is 0 Å². The predicted molar refractivity (Wildman–Crippen MR) is 77.5 cm³/mol. The van der Waals surface area contributed by atoms with E-state index >= 15 is 0 Å². The summed E-state index contributed by atoms with van der Waals surface area (Å²) in [6, 6.07) is 3.91. The first kappa shape index (κ1) is 14.8. The molecular weight excluding hydrogens is 264 g/mol. The lowest BCUT2D eigenvalue weighted by Gasteiger charge is -2.31. The summed E-state index contributed by atoms with van der Waals surface area (Å²) in [6.45, 7) is 1.90. The molecule has 19 heavy (non-hydrogen) atoms. The van der Waals surface area contributed by atoms with Gasteiger partial charge in [0, 0.05) is 22.9 Å². The minimum absolute atomic E-state index is 0.152. The minimum atomic E-state index is -0.379. The standard InChI is InChI=1S/C15H21F2NS/c1-10(14-8-11(16)6-7-15(14)17)18-12-4-3-5-13(9-12)19-2/h6-8,10,12-13,18H,3-5,9H2,1-2H3. The van der Waals surface area contributed by atoms with Crippen LogP contribution in [-0.2, 0) is 0 Å². The van der Waals surface area contributed by atoms with Crippen LogP contribution in [-0.4, -0.2) is 17.5 Å². The van der Waals surface area contributed by atoms with Crippen LogP contribution in [0.3, 0.4) is 0 Å². The van der Waals surface area contributed by atoms with Gasteiger partial charge >= 0.3 is 0 Å². The molecule has 3 unspecified atom stereocenters. The van der Waals surface area contributed by atoms with Gasteiger partial charge in [-0.05, 0) is 50.6 Å². The molecule has 0 aliphatic heterocycles. The Morgan fingerprint density at radius 2 is 2.11 bits per heavy atom. The van der Waals surface area contributed by atoms with Gasteiger partial charge in [0.25, 0.3) is 0 Å². The molecule has 106 valence electrons. The Morgan fingerprint density at radius 1 is 1.32 bits per heavy atom. The second-order valence-corrected chi connectivity index (χ2v) is 6.41. The van der Waals surface area contributed by atoms with Crippen molar-refractivity contribution < 1.29 is 8.78 Å². The van der Waals surface area contributed by atoms with Crippen LogP contribution >= 0.6 is 11.8 Å². The Bertz CT molecular complexity index is 425. The smallest absolute Gasteiger partial charge is 0.128 e. The van der Waals surface area contributed by atoms with Gasteiger partial charge in [-0.3, -0.25) is 0 Å². The number of rotatable bonds is 4. The van der Waals surface area contributed by atoms with Crippen LogP contribution < -0.4 is 5.32 Å². The van der Waals surface area contributed by atoms with Crippen LogP contribution in [0, 0.1) is 11.6 Å². The molecule has 1 nitrogen and oxygen atoms in total. The molecule has 1 aliphatic carbocycles. The third-order valence-corrected chi connectivity index (χ3v) is 4.96. The highest BCUT2D eigenvalue weighted by Gasteiger charge is 2.23. The van der Waals surface area contributed by atoms with Crippen molar-refractivity contribution in [2.45, 2.75) is 49.9 Å². The molecule has 1 aromatic rings. The van der Waals surface area contributed by atoms with E-state index in [0.29, 0.717) is 16.9 Å². The van der Waals surface area contributed by atoms with Crippen LogP contribution in [0.2, 0.25) is 0 Å². The topological polar surface area (TPSA) is 12.0 Å². The Balaban J connectivity index is 2.00. The summed E-state index contributed by atoms with van der Waals surface area (Å²) in [5.74, 6) is -0.714. The quantitative estimate of drug-likeness (QED) is 0.885. The van der Waals surface area contributed by atoms with Gasteiger partial charge in [-0.2, -0.15) is 11.8 Å². The average Bonchev–Trinajstić information content (AvgIpc) is 2.41. The third-order valence-electron chi connectivity index (χ3n) is 3.87. The molecule has 0 heterocycles. The van der Waals surface area contributed by atoms with Gasteiger partial charge in [0.2, 0.25) is 0 Å². The van der Waals surface area contributed by atoms with Gasteiger partial charge in [-0.15, -0.1) is 0 Å². The Labute approximate surface area is 118 Å². The first-order valence-corrected chi connectivity index (χ1v) is 8.12. The number of hydrogen-bond acceptors (Lipinski definition) is 2. The summed E-state index contributed by atoms with van der Waals surface area (Å²) in [7, 11) is 0. The monoisotopic (exact) mass is 285 g/mol. The SMILES string of the molecule is CSC1CCCC(NC(C)c2cc(F)ccc2F)C1. The highest BCUT2D eigenvalue weighted by atomic mass is 32.2. The lowest BCUT2D eigenvalue weighted by molar-refractivity contribution is 0.349. The van der Waals surface area contributed by atoms with Gasteiger partial charge in [-0.25, -0.2) is 8.78 Å². The fourth-order valence-corrected chi connectivity index (χ4v) is 3.63. The molecule has 0 aromatic heterocycles. The molecule has 0 amide bonds. The summed E-state index contributed by atoms with van der Waals surface area (Å²) in [5.41, 5.74) is 0.422. The summed E-state index contributed by atoms with van der Waals surface area (Å²) in [5, 5.41) is 4.14. The second kappa shape index (κ2) is 6.71. The zero-order chi connectivity index (χ0) is 13.8. The van der Waals surface area contributed by atoms with Crippen molar-refractivity contribution in [3.8, 4) is 0 Å². The van der Waals surface area contributed by atoms with Gasteiger partial charge in [0.1, 0.15) is 11.6 Å². The van der Waals surface area contributed by atoms with Crippen molar-refractivity contribution in [2.24, 2.45) is 0 Å². The van der Waals surface area contributed by atoms with Crippen molar-refractivity contribution in [3.05, 3.63) is 35.4 Å². The van der Waals surface area contributed by atoms with Crippen molar-refractivity contribution in [1.82, 2.24) is 5.32 Å². The van der Waals surface area contributed by atoms with Crippen LogP contribution in [0.15, 0.2) is 18.2 Å².